The monoisotopic (exact) mass is 312 g/mol. The molecule has 0 heterocycles. The number of nitrogens with zero attached hydrogens (tertiary/aromatic N) is 1. The number of alkyl halides is 1. The van der Waals surface area contributed by atoms with Crippen LogP contribution in [0, 0.1) is 23.0 Å². The highest BCUT2D eigenvalue weighted by molar-refractivity contribution is 6.17. The van der Waals surface area contributed by atoms with E-state index in [0.717, 1.165) is 19.3 Å². The molecule has 1 atom stereocenters. The second-order valence-corrected chi connectivity index (χ2v) is 5.53. The molecule has 0 saturated heterocycles. The predicted octanol–water partition coefficient (Wildman–Crippen LogP) is 3.68. The lowest BCUT2D eigenvalue weighted by Gasteiger charge is -2.15. The van der Waals surface area contributed by atoms with Crippen LogP contribution in [0.3, 0.4) is 0 Å². The van der Waals surface area contributed by atoms with Crippen molar-refractivity contribution in [3.63, 3.8) is 0 Å². The van der Waals surface area contributed by atoms with Gasteiger partial charge in [0.15, 0.2) is 0 Å². The Kier molecular flexibility index (Phi) is 7.15. The van der Waals surface area contributed by atoms with Gasteiger partial charge >= 0.3 is 0 Å². The summed E-state index contributed by atoms with van der Waals surface area (Å²) in [5.74, 6) is 0.630. The number of benzene rings is 1. The number of amides is 1. The number of carbonyl (C=O) groups excluding carboxylic acids is 1. The lowest BCUT2D eigenvalue weighted by molar-refractivity contribution is -0.384. The number of non-ortho nitro benzene ring substituents is 1. The van der Waals surface area contributed by atoms with Gasteiger partial charge in [-0.2, -0.15) is 0 Å². The van der Waals surface area contributed by atoms with Crippen LogP contribution in [0.15, 0.2) is 18.2 Å². The molecule has 0 aliphatic heterocycles. The zero-order valence-corrected chi connectivity index (χ0v) is 13.2. The minimum atomic E-state index is -0.489. The van der Waals surface area contributed by atoms with Crippen molar-refractivity contribution in [2.75, 3.05) is 12.4 Å². The van der Waals surface area contributed by atoms with Crippen LogP contribution in [0.2, 0.25) is 0 Å². The van der Waals surface area contributed by atoms with Gasteiger partial charge < -0.3 is 5.32 Å². The van der Waals surface area contributed by atoms with Gasteiger partial charge in [-0.3, -0.25) is 14.9 Å². The first-order valence-electron chi connectivity index (χ1n) is 7.08. The Labute approximate surface area is 129 Å². The fourth-order valence-corrected chi connectivity index (χ4v) is 2.56. The molecule has 1 aromatic carbocycles. The maximum atomic E-state index is 12.1. The Bertz CT molecular complexity index is 500. The van der Waals surface area contributed by atoms with Gasteiger partial charge in [-0.1, -0.05) is 13.3 Å². The average molecular weight is 313 g/mol. The van der Waals surface area contributed by atoms with E-state index >= 15 is 0 Å². The van der Waals surface area contributed by atoms with Crippen molar-refractivity contribution in [2.24, 2.45) is 5.92 Å². The summed E-state index contributed by atoms with van der Waals surface area (Å²) in [6.45, 7) is 4.37. The van der Waals surface area contributed by atoms with Crippen LogP contribution in [0.1, 0.15) is 42.1 Å². The maximum Gasteiger partial charge on any atom is 0.270 e. The maximum absolute atomic E-state index is 12.1. The first-order valence-corrected chi connectivity index (χ1v) is 7.61. The Balaban J connectivity index is 2.72. The average Bonchev–Trinajstić information content (AvgIpc) is 2.44. The molecule has 0 saturated carbocycles. The molecule has 21 heavy (non-hydrogen) atoms. The van der Waals surface area contributed by atoms with Crippen molar-refractivity contribution in [3.8, 4) is 0 Å². The molecule has 116 valence electrons. The van der Waals surface area contributed by atoms with Crippen molar-refractivity contribution < 1.29 is 9.72 Å². The molecule has 5 nitrogen and oxygen atoms in total. The molecule has 0 spiro atoms. The summed E-state index contributed by atoms with van der Waals surface area (Å²) < 4.78 is 0. The van der Waals surface area contributed by atoms with Crippen LogP contribution >= 0.6 is 11.6 Å². The van der Waals surface area contributed by atoms with Crippen LogP contribution in [0.4, 0.5) is 5.69 Å². The third-order valence-electron chi connectivity index (χ3n) is 3.30. The Morgan fingerprint density at radius 1 is 1.38 bits per heavy atom. The standard InChI is InChI=1S/C15H21ClN2O3/c1-3-4-12(5-6-16)10-17-15(19)13-7-11(2)8-14(9-13)18(20)21/h7-9,12H,3-6,10H2,1-2H3,(H,17,19). The third kappa shape index (κ3) is 5.71. The van der Waals surface area contributed by atoms with Gasteiger partial charge in [0.2, 0.25) is 0 Å². The fourth-order valence-electron chi connectivity index (χ4n) is 2.25. The quantitative estimate of drug-likeness (QED) is 0.452. The number of carbonyl (C=O) groups is 1. The van der Waals surface area contributed by atoms with E-state index in [0.29, 0.717) is 29.5 Å². The van der Waals surface area contributed by atoms with Crippen molar-refractivity contribution in [3.05, 3.63) is 39.4 Å². The smallest absolute Gasteiger partial charge is 0.270 e. The molecular weight excluding hydrogens is 292 g/mol. The topological polar surface area (TPSA) is 72.2 Å². The highest BCUT2D eigenvalue weighted by atomic mass is 35.5. The zero-order chi connectivity index (χ0) is 15.8. The van der Waals surface area contributed by atoms with Crippen molar-refractivity contribution >= 4 is 23.2 Å². The number of hydrogen-bond donors (Lipinski definition) is 1. The highest BCUT2D eigenvalue weighted by Crippen LogP contribution is 2.17. The molecule has 6 heteroatoms. The zero-order valence-electron chi connectivity index (χ0n) is 12.4. The summed E-state index contributed by atoms with van der Waals surface area (Å²) in [6.07, 6.45) is 2.89. The molecule has 0 radical (unpaired) electrons. The third-order valence-corrected chi connectivity index (χ3v) is 3.52. The molecule has 1 unspecified atom stereocenters. The Morgan fingerprint density at radius 3 is 2.67 bits per heavy atom. The van der Waals surface area contributed by atoms with Gasteiger partial charge in [0, 0.05) is 30.1 Å². The first-order chi connectivity index (χ1) is 9.97. The van der Waals surface area contributed by atoms with Crippen LogP contribution in [0.25, 0.3) is 0 Å². The summed E-state index contributed by atoms with van der Waals surface area (Å²) in [7, 11) is 0. The van der Waals surface area contributed by atoms with Gasteiger partial charge in [-0.05, 0) is 37.3 Å². The number of nitro benzene ring substituents is 1. The molecule has 0 aliphatic carbocycles. The van der Waals surface area contributed by atoms with E-state index in [2.05, 4.69) is 12.2 Å². The van der Waals surface area contributed by atoms with Gasteiger partial charge in [0.1, 0.15) is 0 Å². The summed E-state index contributed by atoms with van der Waals surface area (Å²) in [5, 5.41) is 13.7. The van der Waals surface area contributed by atoms with Gasteiger partial charge in [0.05, 0.1) is 4.92 Å². The molecule has 1 amide bonds. The van der Waals surface area contributed by atoms with Crippen molar-refractivity contribution in [2.45, 2.75) is 33.1 Å². The van der Waals surface area contributed by atoms with Crippen LogP contribution in [0.5, 0.6) is 0 Å². The highest BCUT2D eigenvalue weighted by Gasteiger charge is 2.14. The summed E-state index contributed by atoms with van der Waals surface area (Å²) in [6, 6.07) is 4.40. The first kappa shape index (κ1) is 17.4. The molecule has 1 aromatic rings. The van der Waals surface area contributed by atoms with E-state index in [1.165, 1.54) is 12.1 Å². The number of nitro groups is 1. The summed E-state index contributed by atoms with van der Waals surface area (Å²) in [5.41, 5.74) is 0.953. The summed E-state index contributed by atoms with van der Waals surface area (Å²) in [4.78, 5) is 22.5. The van der Waals surface area contributed by atoms with E-state index < -0.39 is 4.92 Å². The molecule has 0 aromatic heterocycles. The largest absolute Gasteiger partial charge is 0.352 e. The van der Waals surface area contributed by atoms with Gasteiger partial charge in [0.25, 0.3) is 11.6 Å². The van der Waals surface area contributed by atoms with E-state index in [9.17, 15) is 14.9 Å². The van der Waals surface area contributed by atoms with Crippen LogP contribution in [-0.4, -0.2) is 23.3 Å². The second kappa shape index (κ2) is 8.62. The summed E-state index contributed by atoms with van der Waals surface area (Å²) >= 11 is 5.75. The predicted molar refractivity (Wildman–Crippen MR) is 83.9 cm³/mol. The fraction of sp³-hybridized carbons (Fsp3) is 0.533. The molecule has 1 rings (SSSR count). The molecule has 0 bridgehead atoms. The second-order valence-electron chi connectivity index (χ2n) is 5.16. The SMILES string of the molecule is CCCC(CCCl)CNC(=O)c1cc(C)cc([N+](=O)[O-])c1. The normalized spacial score (nSPS) is 12.0. The number of aryl methyl sites for hydroxylation is 1. The Hall–Kier alpha value is -1.62. The van der Waals surface area contributed by atoms with E-state index in [1.807, 2.05) is 0 Å². The molecular formula is C15H21ClN2O3. The molecule has 0 aliphatic rings. The lowest BCUT2D eigenvalue weighted by Crippen LogP contribution is -2.29. The molecule has 0 fully saturated rings. The van der Waals surface area contributed by atoms with Crippen molar-refractivity contribution in [1.82, 2.24) is 5.32 Å². The van der Waals surface area contributed by atoms with Crippen LogP contribution < -0.4 is 5.32 Å². The van der Waals surface area contributed by atoms with Crippen LogP contribution in [-0.2, 0) is 0 Å². The van der Waals surface area contributed by atoms with E-state index in [1.54, 1.807) is 13.0 Å². The number of halogens is 1. The van der Waals surface area contributed by atoms with Gasteiger partial charge in [-0.25, -0.2) is 0 Å². The minimum Gasteiger partial charge on any atom is -0.352 e. The Morgan fingerprint density at radius 2 is 2.10 bits per heavy atom. The van der Waals surface area contributed by atoms with E-state index in [-0.39, 0.29) is 11.6 Å². The number of hydrogen-bond acceptors (Lipinski definition) is 3. The number of rotatable bonds is 8. The van der Waals surface area contributed by atoms with E-state index in [4.69, 9.17) is 11.6 Å². The van der Waals surface area contributed by atoms with Crippen molar-refractivity contribution in [1.29, 1.82) is 0 Å². The molecule has 1 N–H and O–H groups in total. The van der Waals surface area contributed by atoms with Gasteiger partial charge in [-0.15, -0.1) is 11.6 Å². The minimum absolute atomic E-state index is 0.0639. The lowest BCUT2D eigenvalue weighted by atomic mass is 10.0. The number of nitrogens with one attached hydrogen (secondary N) is 1.